The predicted molar refractivity (Wildman–Crippen MR) is 144 cm³/mol. The average Bonchev–Trinajstić information content (AvgIpc) is 2.84. The number of aliphatic hydroxyl groups excluding tert-OH is 1. The molecule has 0 saturated heterocycles. The van der Waals surface area contributed by atoms with E-state index in [9.17, 15) is 5.11 Å². The summed E-state index contributed by atoms with van der Waals surface area (Å²) in [6.07, 6.45) is 21.4. The minimum absolute atomic E-state index is 0.203. The SMILES string of the molecule is C=C1/C=C\C(CC(P)C/C=C(\C=C/C)OCCC)=C/CCN(C(CCCCC)C(C)O)C1. The van der Waals surface area contributed by atoms with Crippen molar-refractivity contribution >= 4 is 9.24 Å². The predicted octanol–water partition coefficient (Wildman–Crippen LogP) is 6.97. The zero-order valence-electron chi connectivity index (χ0n) is 21.1. The summed E-state index contributed by atoms with van der Waals surface area (Å²) in [5.74, 6) is 0.969. The van der Waals surface area contributed by atoms with E-state index in [0.29, 0.717) is 5.66 Å². The van der Waals surface area contributed by atoms with Crippen LogP contribution in [0.5, 0.6) is 0 Å². The molecule has 32 heavy (non-hydrogen) atoms. The molecule has 0 aliphatic carbocycles. The maximum atomic E-state index is 10.4. The fraction of sp³-hybridized carbons (Fsp3) is 0.643. The lowest BCUT2D eigenvalue weighted by atomic mass is 10.0. The normalized spacial score (nSPS) is 21.9. The fourth-order valence-electron chi connectivity index (χ4n) is 4.08. The van der Waals surface area contributed by atoms with Gasteiger partial charge in [0.25, 0.3) is 0 Å². The van der Waals surface area contributed by atoms with Crippen LogP contribution in [0.1, 0.15) is 79.1 Å². The molecule has 0 saturated carbocycles. The molecule has 1 aliphatic heterocycles. The summed E-state index contributed by atoms with van der Waals surface area (Å²) in [5, 5.41) is 10.4. The van der Waals surface area contributed by atoms with E-state index in [4.69, 9.17) is 4.74 Å². The van der Waals surface area contributed by atoms with Crippen LogP contribution in [0, 0.1) is 0 Å². The summed E-state index contributed by atoms with van der Waals surface area (Å²) >= 11 is 0. The van der Waals surface area contributed by atoms with Gasteiger partial charge in [-0.2, -0.15) is 0 Å². The standard InChI is InChI=1S/C28H48NO2P/c1-6-9-10-14-28(24(5)30)29-19-11-13-25(16-15-23(4)22-29)21-27(32)18-17-26(12-7-2)31-20-8-3/h7,12-13,15-17,24,27-28,30H,4,6,8-11,14,18-22,32H2,1-3,5H3/b12-7-,16-15-,25-13+,26-17+. The van der Waals surface area contributed by atoms with E-state index in [1.807, 2.05) is 26.0 Å². The van der Waals surface area contributed by atoms with Gasteiger partial charge in [0.05, 0.1) is 12.7 Å². The van der Waals surface area contributed by atoms with E-state index in [-0.39, 0.29) is 12.1 Å². The van der Waals surface area contributed by atoms with Crippen molar-refractivity contribution in [2.45, 2.75) is 96.9 Å². The largest absolute Gasteiger partial charge is 0.494 e. The van der Waals surface area contributed by atoms with E-state index in [0.717, 1.165) is 63.1 Å². The van der Waals surface area contributed by atoms with Crippen LogP contribution in [0.2, 0.25) is 0 Å². The molecule has 1 rings (SSSR count). The Labute approximate surface area is 200 Å². The Hall–Kier alpha value is -1.15. The molecular formula is C28H48NO2P. The average molecular weight is 462 g/mol. The second-order valence-electron chi connectivity index (χ2n) is 8.99. The van der Waals surface area contributed by atoms with E-state index in [1.165, 1.54) is 24.8 Å². The maximum Gasteiger partial charge on any atom is 0.115 e. The summed E-state index contributed by atoms with van der Waals surface area (Å²) in [5.41, 5.74) is 2.94. The third-order valence-electron chi connectivity index (χ3n) is 5.81. The lowest BCUT2D eigenvalue weighted by Crippen LogP contribution is -2.43. The highest BCUT2D eigenvalue weighted by Crippen LogP contribution is 2.23. The zero-order valence-corrected chi connectivity index (χ0v) is 22.2. The van der Waals surface area contributed by atoms with Gasteiger partial charge < -0.3 is 9.84 Å². The first-order valence-electron chi connectivity index (χ1n) is 12.6. The van der Waals surface area contributed by atoms with Gasteiger partial charge in [-0.15, -0.1) is 9.24 Å². The van der Waals surface area contributed by atoms with Crippen LogP contribution in [0.25, 0.3) is 0 Å². The van der Waals surface area contributed by atoms with Gasteiger partial charge in [-0.25, -0.2) is 0 Å². The minimum Gasteiger partial charge on any atom is -0.494 e. The van der Waals surface area contributed by atoms with Crippen LogP contribution >= 0.6 is 9.24 Å². The van der Waals surface area contributed by atoms with Crippen LogP contribution in [0.4, 0.5) is 0 Å². The molecule has 4 unspecified atom stereocenters. The van der Waals surface area contributed by atoms with Crippen molar-refractivity contribution in [2.24, 2.45) is 0 Å². The molecule has 0 aromatic heterocycles. The Bertz CT molecular complexity index is 648. The summed E-state index contributed by atoms with van der Waals surface area (Å²) < 4.78 is 5.83. The smallest absolute Gasteiger partial charge is 0.115 e. The van der Waals surface area contributed by atoms with E-state index in [1.54, 1.807) is 0 Å². The van der Waals surface area contributed by atoms with Gasteiger partial charge in [0, 0.05) is 19.1 Å². The van der Waals surface area contributed by atoms with E-state index in [2.05, 4.69) is 58.9 Å². The summed E-state index contributed by atoms with van der Waals surface area (Å²) in [6, 6.07) is 0.203. The van der Waals surface area contributed by atoms with Crippen molar-refractivity contribution in [2.75, 3.05) is 19.7 Å². The molecule has 0 amide bonds. The Morgan fingerprint density at radius 2 is 2.06 bits per heavy atom. The molecule has 4 heteroatoms. The molecule has 4 atom stereocenters. The number of aliphatic hydroxyl groups is 1. The number of ether oxygens (including phenoxy) is 1. The van der Waals surface area contributed by atoms with Gasteiger partial charge in [-0.05, 0) is 69.3 Å². The van der Waals surface area contributed by atoms with Crippen LogP contribution in [-0.4, -0.2) is 47.5 Å². The Morgan fingerprint density at radius 3 is 2.72 bits per heavy atom. The summed E-state index contributed by atoms with van der Waals surface area (Å²) in [4.78, 5) is 2.43. The number of rotatable bonds is 14. The molecule has 0 aromatic carbocycles. The number of unbranched alkanes of at least 4 members (excludes halogenated alkanes) is 2. The van der Waals surface area contributed by atoms with Crippen molar-refractivity contribution < 1.29 is 9.84 Å². The van der Waals surface area contributed by atoms with Gasteiger partial charge in [0.15, 0.2) is 0 Å². The molecule has 0 aromatic rings. The lowest BCUT2D eigenvalue weighted by molar-refractivity contribution is 0.0608. The fourth-order valence-corrected chi connectivity index (χ4v) is 4.49. The highest BCUT2D eigenvalue weighted by molar-refractivity contribution is 7.17. The van der Waals surface area contributed by atoms with Crippen molar-refractivity contribution in [3.05, 3.63) is 59.9 Å². The van der Waals surface area contributed by atoms with Crippen molar-refractivity contribution in [3.63, 3.8) is 0 Å². The van der Waals surface area contributed by atoms with Crippen molar-refractivity contribution in [1.82, 2.24) is 4.90 Å². The number of allylic oxidation sites excluding steroid dienone is 5. The number of nitrogens with zero attached hydrogens (tertiary/aromatic N) is 1. The molecule has 0 spiro atoms. The van der Waals surface area contributed by atoms with E-state index >= 15 is 0 Å². The van der Waals surface area contributed by atoms with Gasteiger partial charge in [-0.1, -0.05) is 69.6 Å². The van der Waals surface area contributed by atoms with Crippen LogP contribution in [0.15, 0.2) is 59.9 Å². The molecule has 0 bridgehead atoms. The third kappa shape index (κ3) is 12.2. The molecule has 1 heterocycles. The molecule has 1 aliphatic rings. The molecular weight excluding hydrogens is 413 g/mol. The third-order valence-corrected chi connectivity index (χ3v) is 6.32. The second-order valence-corrected chi connectivity index (χ2v) is 9.93. The molecule has 0 fully saturated rings. The Kier molecular flexibility index (Phi) is 15.7. The van der Waals surface area contributed by atoms with Gasteiger partial charge in [0.1, 0.15) is 5.76 Å². The van der Waals surface area contributed by atoms with Gasteiger partial charge in [-0.3, -0.25) is 4.90 Å². The quantitative estimate of drug-likeness (QED) is 0.131. The topological polar surface area (TPSA) is 32.7 Å². The second kappa shape index (κ2) is 17.3. The number of hydrogen-bond donors (Lipinski definition) is 1. The van der Waals surface area contributed by atoms with Crippen molar-refractivity contribution in [3.8, 4) is 0 Å². The zero-order chi connectivity index (χ0) is 23.8. The Balaban J connectivity index is 2.76. The molecule has 182 valence electrons. The molecule has 0 radical (unpaired) electrons. The first-order chi connectivity index (χ1) is 15.4. The van der Waals surface area contributed by atoms with Crippen LogP contribution in [-0.2, 0) is 4.74 Å². The van der Waals surface area contributed by atoms with Crippen molar-refractivity contribution in [1.29, 1.82) is 0 Å². The first-order valence-corrected chi connectivity index (χ1v) is 13.3. The van der Waals surface area contributed by atoms with Crippen LogP contribution < -0.4 is 0 Å². The maximum absolute atomic E-state index is 10.4. The minimum atomic E-state index is -0.322. The molecule has 1 N–H and O–H groups in total. The monoisotopic (exact) mass is 461 g/mol. The Morgan fingerprint density at radius 1 is 1.28 bits per heavy atom. The van der Waals surface area contributed by atoms with E-state index < -0.39 is 0 Å². The highest BCUT2D eigenvalue weighted by atomic mass is 31.0. The summed E-state index contributed by atoms with van der Waals surface area (Å²) in [6.45, 7) is 15.2. The highest BCUT2D eigenvalue weighted by Gasteiger charge is 2.23. The molecule has 3 nitrogen and oxygen atoms in total. The first kappa shape index (κ1) is 28.9. The van der Waals surface area contributed by atoms with Gasteiger partial charge in [0.2, 0.25) is 0 Å². The van der Waals surface area contributed by atoms with Gasteiger partial charge >= 0.3 is 0 Å². The lowest BCUT2D eigenvalue weighted by Gasteiger charge is -2.33. The number of hydrogen-bond acceptors (Lipinski definition) is 3. The van der Waals surface area contributed by atoms with Crippen LogP contribution in [0.3, 0.4) is 0 Å². The summed E-state index contributed by atoms with van der Waals surface area (Å²) in [7, 11) is 3.00.